The van der Waals surface area contributed by atoms with Crippen molar-refractivity contribution in [1.82, 2.24) is 15.2 Å². The van der Waals surface area contributed by atoms with Gasteiger partial charge in [0.2, 0.25) is 0 Å². The number of benzene rings is 1. The first kappa shape index (κ1) is 14.9. The first-order valence-electron chi connectivity index (χ1n) is 8.05. The van der Waals surface area contributed by atoms with Gasteiger partial charge in [-0.05, 0) is 37.5 Å². The molecule has 1 aromatic heterocycles. The Bertz CT molecular complexity index is 594. The van der Waals surface area contributed by atoms with Crippen molar-refractivity contribution in [3.63, 3.8) is 0 Å². The minimum Gasteiger partial charge on any atom is -0.311 e. The van der Waals surface area contributed by atoms with E-state index in [0.717, 1.165) is 18.6 Å². The SMILES string of the molecule is CC[C@H]1CN(C(C)c2ccc3ncsc3c2)[C@H](CC)CN1. The van der Waals surface area contributed by atoms with Crippen LogP contribution in [0.4, 0.5) is 0 Å². The molecule has 4 heteroatoms. The highest BCUT2D eigenvalue weighted by Gasteiger charge is 2.29. The predicted molar refractivity (Wildman–Crippen MR) is 90.9 cm³/mol. The summed E-state index contributed by atoms with van der Waals surface area (Å²) >= 11 is 1.74. The minimum absolute atomic E-state index is 0.470. The second-order valence-electron chi connectivity index (χ2n) is 6.03. The summed E-state index contributed by atoms with van der Waals surface area (Å²) in [6.45, 7) is 9.18. The second-order valence-corrected chi connectivity index (χ2v) is 6.91. The van der Waals surface area contributed by atoms with Crippen LogP contribution in [0.25, 0.3) is 10.2 Å². The molecule has 2 aromatic rings. The second kappa shape index (κ2) is 6.42. The van der Waals surface area contributed by atoms with Gasteiger partial charge in [0.1, 0.15) is 0 Å². The molecule has 21 heavy (non-hydrogen) atoms. The van der Waals surface area contributed by atoms with E-state index in [-0.39, 0.29) is 0 Å². The average Bonchev–Trinajstić information content (AvgIpc) is 3.01. The Labute approximate surface area is 131 Å². The maximum Gasteiger partial charge on any atom is 0.0812 e. The number of rotatable bonds is 4. The monoisotopic (exact) mass is 303 g/mol. The van der Waals surface area contributed by atoms with Gasteiger partial charge in [-0.15, -0.1) is 11.3 Å². The van der Waals surface area contributed by atoms with Crippen LogP contribution < -0.4 is 5.32 Å². The molecule has 1 fully saturated rings. The number of thiazole rings is 1. The molecule has 3 nitrogen and oxygen atoms in total. The molecule has 0 radical (unpaired) electrons. The maximum atomic E-state index is 4.38. The summed E-state index contributed by atoms with van der Waals surface area (Å²) in [6.07, 6.45) is 2.41. The van der Waals surface area contributed by atoms with Crippen LogP contribution in [0.1, 0.15) is 45.2 Å². The van der Waals surface area contributed by atoms with E-state index in [4.69, 9.17) is 0 Å². The normalized spacial score (nSPS) is 25.3. The smallest absolute Gasteiger partial charge is 0.0812 e. The summed E-state index contributed by atoms with van der Waals surface area (Å²) in [5.41, 5.74) is 4.47. The Balaban J connectivity index is 1.85. The Kier molecular flexibility index (Phi) is 4.57. The lowest BCUT2D eigenvalue weighted by Crippen LogP contribution is -2.56. The van der Waals surface area contributed by atoms with E-state index < -0.39 is 0 Å². The molecular formula is C17H25N3S. The van der Waals surface area contributed by atoms with Crippen molar-refractivity contribution >= 4 is 21.6 Å². The summed E-state index contributed by atoms with van der Waals surface area (Å²) < 4.78 is 1.30. The number of nitrogens with zero attached hydrogens (tertiary/aromatic N) is 2. The van der Waals surface area contributed by atoms with Crippen molar-refractivity contribution in [2.24, 2.45) is 0 Å². The highest BCUT2D eigenvalue weighted by Crippen LogP contribution is 2.29. The zero-order valence-electron chi connectivity index (χ0n) is 13.2. The number of fused-ring (bicyclic) bond motifs is 1. The molecule has 0 aliphatic carbocycles. The zero-order chi connectivity index (χ0) is 14.8. The van der Waals surface area contributed by atoms with Gasteiger partial charge < -0.3 is 5.32 Å². The van der Waals surface area contributed by atoms with Gasteiger partial charge in [0.05, 0.1) is 15.7 Å². The van der Waals surface area contributed by atoms with Crippen LogP contribution in [-0.2, 0) is 0 Å². The summed E-state index contributed by atoms with van der Waals surface area (Å²) in [4.78, 5) is 7.07. The Hall–Kier alpha value is -0.970. The van der Waals surface area contributed by atoms with Crippen LogP contribution in [0.3, 0.4) is 0 Å². The van der Waals surface area contributed by atoms with Gasteiger partial charge in [-0.2, -0.15) is 0 Å². The Morgan fingerprint density at radius 1 is 1.38 bits per heavy atom. The fourth-order valence-corrected chi connectivity index (χ4v) is 4.06. The van der Waals surface area contributed by atoms with Gasteiger partial charge in [0, 0.05) is 31.2 Å². The number of hydrogen-bond acceptors (Lipinski definition) is 4. The molecule has 1 unspecified atom stereocenters. The topological polar surface area (TPSA) is 28.2 Å². The molecule has 1 aliphatic rings. The van der Waals surface area contributed by atoms with Crippen molar-refractivity contribution in [2.75, 3.05) is 13.1 Å². The van der Waals surface area contributed by atoms with Crippen LogP contribution in [0.5, 0.6) is 0 Å². The van der Waals surface area contributed by atoms with Crippen LogP contribution in [0, 0.1) is 0 Å². The molecule has 114 valence electrons. The Morgan fingerprint density at radius 3 is 3.00 bits per heavy atom. The lowest BCUT2D eigenvalue weighted by Gasteiger charge is -2.43. The molecule has 0 saturated carbocycles. The van der Waals surface area contributed by atoms with Crippen LogP contribution in [0.2, 0.25) is 0 Å². The lowest BCUT2D eigenvalue weighted by atomic mass is 9.99. The van der Waals surface area contributed by atoms with E-state index in [1.807, 2.05) is 5.51 Å². The summed E-state index contributed by atoms with van der Waals surface area (Å²) in [5, 5.41) is 3.68. The van der Waals surface area contributed by atoms with Gasteiger partial charge in [-0.3, -0.25) is 4.90 Å². The van der Waals surface area contributed by atoms with E-state index in [9.17, 15) is 0 Å². The van der Waals surface area contributed by atoms with Crippen LogP contribution in [-0.4, -0.2) is 35.1 Å². The molecule has 0 spiro atoms. The number of nitrogens with one attached hydrogen (secondary N) is 1. The molecule has 3 rings (SSSR count). The van der Waals surface area contributed by atoms with Gasteiger partial charge in [-0.1, -0.05) is 19.9 Å². The molecule has 1 saturated heterocycles. The fraction of sp³-hybridized carbons (Fsp3) is 0.588. The number of hydrogen-bond donors (Lipinski definition) is 1. The van der Waals surface area contributed by atoms with Gasteiger partial charge in [0.25, 0.3) is 0 Å². The van der Waals surface area contributed by atoms with Crippen molar-refractivity contribution in [2.45, 2.75) is 51.7 Å². The molecule has 1 aliphatic heterocycles. The predicted octanol–water partition coefficient (Wildman–Crippen LogP) is 3.82. The molecule has 2 heterocycles. The van der Waals surface area contributed by atoms with Crippen molar-refractivity contribution in [3.8, 4) is 0 Å². The standard InChI is InChI=1S/C17H25N3S/c1-4-14-10-20(15(5-2)9-18-14)12(3)13-6-7-16-17(8-13)21-11-19-16/h6-8,11-12,14-15,18H,4-5,9-10H2,1-3H3/t12?,14-,15+/m0/s1. The maximum absolute atomic E-state index is 4.38. The first-order chi connectivity index (χ1) is 10.2. The van der Waals surface area contributed by atoms with Gasteiger partial charge >= 0.3 is 0 Å². The van der Waals surface area contributed by atoms with Gasteiger partial charge in [-0.25, -0.2) is 4.98 Å². The summed E-state index contributed by atoms with van der Waals surface area (Å²) in [7, 11) is 0. The van der Waals surface area contributed by atoms with E-state index in [2.05, 4.69) is 54.2 Å². The van der Waals surface area contributed by atoms with E-state index in [1.54, 1.807) is 11.3 Å². The minimum atomic E-state index is 0.470. The van der Waals surface area contributed by atoms with Crippen molar-refractivity contribution < 1.29 is 0 Å². The Morgan fingerprint density at radius 2 is 2.24 bits per heavy atom. The summed E-state index contributed by atoms with van der Waals surface area (Å²) in [5.74, 6) is 0. The molecule has 1 aromatic carbocycles. The highest BCUT2D eigenvalue weighted by molar-refractivity contribution is 7.16. The first-order valence-corrected chi connectivity index (χ1v) is 8.93. The average molecular weight is 303 g/mol. The third kappa shape index (κ3) is 2.98. The van der Waals surface area contributed by atoms with E-state index in [0.29, 0.717) is 18.1 Å². The number of piperazine rings is 1. The number of aromatic nitrogens is 1. The summed E-state index contributed by atoms with van der Waals surface area (Å²) in [6, 6.07) is 8.48. The van der Waals surface area contributed by atoms with E-state index in [1.165, 1.54) is 23.1 Å². The molecular weight excluding hydrogens is 278 g/mol. The third-order valence-corrected chi connectivity index (χ3v) is 5.63. The molecule has 3 atom stereocenters. The highest BCUT2D eigenvalue weighted by atomic mass is 32.1. The molecule has 0 amide bonds. The van der Waals surface area contributed by atoms with Crippen LogP contribution in [0.15, 0.2) is 23.7 Å². The van der Waals surface area contributed by atoms with Crippen molar-refractivity contribution in [1.29, 1.82) is 0 Å². The molecule has 1 N–H and O–H groups in total. The zero-order valence-corrected chi connectivity index (χ0v) is 14.0. The third-order valence-electron chi connectivity index (χ3n) is 4.84. The quantitative estimate of drug-likeness (QED) is 0.930. The molecule has 0 bridgehead atoms. The lowest BCUT2D eigenvalue weighted by molar-refractivity contribution is 0.0851. The largest absolute Gasteiger partial charge is 0.311 e. The van der Waals surface area contributed by atoms with Crippen LogP contribution >= 0.6 is 11.3 Å². The fourth-order valence-electron chi connectivity index (χ4n) is 3.34. The van der Waals surface area contributed by atoms with Gasteiger partial charge in [0.15, 0.2) is 0 Å². The van der Waals surface area contributed by atoms with E-state index >= 15 is 0 Å². The van der Waals surface area contributed by atoms with Crippen molar-refractivity contribution in [3.05, 3.63) is 29.3 Å².